The summed E-state index contributed by atoms with van der Waals surface area (Å²) in [4.78, 5) is 10.9. The second-order valence-electron chi connectivity index (χ2n) is 3.70. The van der Waals surface area contributed by atoms with E-state index in [1.165, 1.54) is 6.07 Å². The maximum atomic E-state index is 10.8. The molecule has 0 aliphatic heterocycles. The van der Waals surface area contributed by atoms with Gasteiger partial charge in [0.15, 0.2) is 0 Å². The number of benzene rings is 2. The Balaban J connectivity index is 2.10. The van der Waals surface area contributed by atoms with E-state index in [1.807, 2.05) is 31.2 Å². The van der Waals surface area contributed by atoms with Crippen LogP contribution >= 0.6 is 12.0 Å². The number of nitrogens with zero attached hydrogens (tertiary/aromatic N) is 1. The second-order valence-corrected chi connectivity index (χ2v) is 4.48. The number of aryl methyl sites for hydroxylation is 1. The summed E-state index contributed by atoms with van der Waals surface area (Å²) in [6, 6.07) is 14.0. The van der Waals surface area contributed by atoms with Gasteiger partial charge in [0, 0.05) is 6.07 Å². The smallest absolute Gasteiger partial charge is 0.286 e. The zero-order valence-electron chi connectivity index (χ0n) is 9.70. The predicted octanol–water partition coefficient (Wildman–Crippen LogP) is 3.99. The third kappa shape index (κ3) is 3.01. The van der Waals surface area contributed by atoms with E-state index in [1.54, 1.807) is 18.2 Å². The first kappa shape index (κ1) is 12.4. The molecule has 2 rings (SSSR count). The minimum atomic E-state index is -0.416. The molecule has 0 fully saturated rings. The fourth-order valence-corrected chi connectivity index (χ4v) is 2.02. The third-order valence-electron chi connectivity index (χ3n) is 2.31. The Morgan fingerprint density at radius 2 is 1.78 bits per heavy atom. The van der Waals surface area contributed by atoms with E-state index in [2.05, 4.69) is 0 Å². The second kappa shape index (κ2) is 5.55. The van der Waals surface area contributed by atoms with Crippen molar-refractivity contribution in [3.8, 4) is 5.75 Å². The van der Waals surface area contributed by atoms with Gasteiger partial charge in [-0.1, -0.05) is 29.8 Å². The first-order chi connectivity index (χ1) is 8.66. The van der Waals surface area contributed by atoms with Gasteiger partial charge in [0.1, 0.15) is 10.6 Å². The van der Waals surface area contributed by atoms with E-state index >= 15 is 0 Å². The highest BCUT2D eigenvalue weighted by Gasteiger charge is 2.13. The molecule has 2 aromatic rings. The lowest BCUT2D eigenvalue weighted by molar-refractivity contribution is -0.387. The number of hydrogen-bond acceptors (Lipinski definition) is 4. The van der Waals surface area contributed by atoms with Crippen molar-refractivity contribution in [2.45, 2.75) is 11.8 Å². The molecule has 0 aliphatic carbocycles. The molecule has 5 heteroatoms. The number of hydrogen-bond donors (Lipinski definition) is 0. The molecule has 4 nitrogen and oxygen atoms in total. The van der Waals surface area contributed by atoms with Gasteiger partial charge in [0.2, 0.25) is 0 Å². The maximum Gasteiger partial charge on any atom is 0.286 e. The molecule has 0 bridgehead atoms. The Morgan fingerprint density at radius 3 is 2.44 bits per heavy atom. The summed E-state index contributed by atoms with van der Waals surface area (Å²) < 4.78 is 5.45. The normalized spacial score (nSPS) is 10.1. The molecule has 0 atom stereocenters. The van der Waals surface area contributed by atoms with Crippen LogP contribution in [-0.2, 0) is 0 Å². The topological polar surface area (TPSA) is 52.4 Å². The lowest BCUT2D eigenvalue weighted by Gasteiger charge is -2.04. The van der Waals surface area contributed by atoms with Gasteiger partial charge >= 0.3 is 0 Å². The van der Waals surface area contributed by atoms with E-state index in [-0.39, 0.29) is 5.69 Å². The van der Waals surface area contributed by atoms with Crippen LogP contribution in [0.5, 0.6) is 5.75 Å². The summed E-state index contributed by atoms with van der Waals surface area (Å²) in [5.74, 6) is 0.670. The van der Waals surface area contributed by atoms with Gasteiger partial charge in [-0.05, 0) is 25.1 Å². The van der Waals surface area contributed by atoms with Crippen molar-refractivity contribution in [1.82, 2.24) is 0 Å². The van der Waals surface area contributed by atoms with E-state index < -0.39 is 4.92 Å². The summed E-state index contributed by atoms with van der Waals surface area (Å²) in [6.07, 6.45) is 0. The monoisotopic (exact) mass is 261 g/mol. The average molecular weight is 261 g/mol. The summed E-state index contributed by atoms with van der Waals surface area (Å²) in [5.41, 5.74) is 1.19. The highest BCUT2D eigenvalue weighted by molar-refractivity contribution is 7.95. The molecule has 0 amide bonds. The van der Waals surface area contributed by atoms with E-state index in [4.69, 9.17) is 4.18 Å². The Morgan fingerprint density at radius 1 is 1.11 bits per heavy atom. The molecule has 0 saturated heterocycles. The number of nitro groups is 1. The van der Waals surface area contributed by atoms with Gasteiger partial charge in [-0.15, -0.1) is 0 Å². The molecule has 0 saturated carbocycles. The van der Waals surface area contributed by atoms with E-state index in [9.17, 15) is 10.1 Å². The minimum absolute atomic E-state index is 0.0506. The van der Waals surface area contributed by atoms with Crippen molar-refractivity contribution >= 4 is 17.7 Å². The Labute approximate surface area is 109 Å². The first-order valence-corrected chi connectivity index (χ1v) is 6.05. The third-order valence-corrected chi connectivity index (χ3v) is 3.11. The summed E-state index contributed by atoms with van der Waals surface area (Å²) in [6.45, 7) is 1.99. The van der Waals surface area contributed by atoms with Gasteiger partial charge in [0.05, 0.1) is 17.0 Å². The molecule has 2 aromatic carbocycles. The quantitative estimate of drug-likeness (QED) is 0.474. The number of rotatable bonds is 4. The largest absolute Gasteiger partial charge is 0.420 e. The lowest BCUT2D eigenvalue weighted by Crippen LogP contribution is -1.91. The molecule has 0 N–H and O–H groups in total. The van der Waals surface area contributed by atoms with E-state index in [0.717, 1.165) is 17.6 Å². The van der Waals surface area contributed by atoms with Crippen molar-refractivity contribution < 1.29 is 9.11 Å². The van der Waals surface area contributed by atoms with Crippen LogP contribution in [0.4, 0.5) is 5.69 Å². The standard InChI is InChI=1S/C13H11NO3S/c1-10-6-8-11(9-7-10)17-18-13-5-3-2-4-12(13)14(15)16/h2-9H,1H3. The van der Waals surface area contributed by atoms with Crippen LogP contribution in [0.2, 0.25) is 0 Å². The average Bonchev–Trinajstić information content (AvgIpc) is 2.38. The molecule has 0 unspecified atom stereocenters. The Hall–Kier alpha value is -2.01. The molecule has 0 aliphatic rings. The molecule has 0 spiro atoms. The SMILES string of the molecule is Cc1ccc(OSc2ccccc2[N+](=O)[O-])cc1. The van der Waals surface area contributed by atoms with Gasteiger partial charge in [0.25, 0.3) is 5.69 Å². The first-order valence-electron chi connectivity index (χ1n) is 5.31. The van der Waals surface area contributed by atoms with Gasteiger partial charge < -0.3 is 4.18 Å². The Kier molecular flexibility index (Phi) is 3.84. The zero-order valence-corrected chi connectivity index (χ0v) is 10.5. The van der Waals surface area contributed by atoms with Crippen LogP contribution in [0.15, 0.2) is 53.4 Å². The van der Waals surface area contributed by atoms with Crippen molar-refractivity contribution in [1.29, 1.82) is 0 Å². The minimum Gasteiger partial charge on any atom is -0.420 e. The van der Waals surface area contributed by atoms with Crippen LogP contribution < -0.4 is 4.18 Å². The van der Waals surface area contributed by atoms with Gasteiger partial charge in [-0.2, -0.15) is 0 Å². The van der Waals surface area contributed by atoms with Crippen LogP contribution in [0.3, 0.4) is 0 Å². The van der Waals surface area contributed by atoms with Crippen LogP contribution in [0.25, 0.3) is 0 Å². The molecular formula is C13H11NO3S. The Bertz CT molecular complexity index is 554. The summed E-state index contributed by atoms with van der Waals surface area (Å²) in [5, 5.41) is 10.8. The lowest BCUT2D eigenvalue weighted by atomic mass is 10.2. The molecule has 0 aromatic heterocycles. The van der Waals surface area contributed by atoms with Crippen LogP contribution in [0, 0.1) is 17.0 Å². The zero-order chi connectivity index (χ0) is 13.0. The van der Waals surface area contributed by atoms with Crippen molar-refractivity contribution in [2.24, 2.45) is 0 Å². The van der Waals surface area contributed by atoms with Crippen molar-refractivity contribution in [2.75, 3.05) is 0 Å². The molecule has 92 valence electrons. The van der Waals surface area contributed by atoms with Gasteiger partial charge in [-0.25, -0.2) is 0 Å². The molecule has 0 radical (unpaired) electrons. The van der Waals surface area contributed by atoms with Crippen molar-refractivity contribution in [3.63, 3.8) is 0 Å². The molecule has 0 heterocycles. The van der Waals surface area contributed by atoms with E-state index in [0.29, 0.717) is 10.6 Å². The van der Waals surface area contributed by atoms with Gasteiger partial charge in [-0.3, -0.25) is 10.1 Å². The van der Waals surface area contributed by atoms with Crippen LogP contribution in [-0.4, -0.2) is 4.92 Å². The molecule has 18 heavy (non-hydrogen) atoms. The summed E-state index contributed by atoms with van der Waals surface area (Å²) >= 11 is 0.993. The molecular weight excluding hydrogens is 250 g/mol. The maximum absolute atomic E-state index is 10.8. The summed E-state index contributed by atoms with van der Waals surface area (Å²) in [7, 11) is 0. The highest BCUT2D eigenvalue weighted by Crippen LogP contribution is 2.30. The fraction of sp³-hybridized carbons (Fsp3) is 0.0769. The number of para-hydroxylation sites is 1. The fourth-order valence-electron chi connectivity index (χ4n) is 1.37. The predicted molar refractivity (Wildman–Crippen MR) is 70.8 cm³/mol. The highest BCUT2D eigenvalue weighted by atomic mass is 32.2. The van der Waals surface area contributed by atoms with Crippen molar-refractivity contribution in [3.05, 3.63) is 64.2 Å². The number of nitro benzene ring substituents is 1. The van der Waals surface area contributed by atoms with Crippen LogP contribution in [0.1, 0.15) is 5.56 Å².